The van der Waals surface area contributed by atoms with E-state index >= 15 is 0 Å². The third-order valence-corrected chi connectivity index (χ3v) is 7.20. The molecule has 0 aromatic rings. The number of carbonyl (C=O) groups is 2. The van der Waals surface area contributed by atoms with Gasteiger partial charge in [0, 0.05) is 16.6 Å². The van der Waals surface area contributed by atoms with Crippen LogP contribution in [0.3, 0.4) is 0 Å². The van der Waals surface area contributed by atoms with E-state index in [1.165, 1.54) is 6.08 Å². The average molecular weight is 348 g/mol. The molecule has 1 unspecified atom stereocenters. The maximum Gasteiger partial charge on any atom is 0.336 e. The molecule has 5 atom stereocenters. The first-order valence-electron chi connectivity index (χ1n) is 9.22. The molecule has 138 valence electrons. The molecule has 2 aliphatic carbocycles. The summed E-state index contributed by atoms with van der Waals surface area (Å²) in [5, 5.41) is 19.1. The first kappa shape index (κ1) is 18.2. The number of aliphatic hydroxyl groups is 1. The normalized spacial score (nSPS) is 40.8. The van der Waals surface area contributed by atoms with E-state index in [0.29, 0.717) is 23.5 Å². The lowest BCUT2D eigenvalue weighted by Crippen LogP contribution is -2.51. The monoisotopic (exact) mass is 348 g/mol. The molecule has 1 fully saturated rings. The zero-order valence-electron chi connectivity index (χ0n) is 15.2. The first-order chi connectivity index (χ1) is 11.7. The Labute approximate surface area is 148 Å². The van der Waals surface area contributed by atoms with Crippen LogP contribution in [0.15, 0.2) is 23.3 Å². The number of aliphatic carboxylic acids is 1. The maximum absolute atomic E-state index is 11.8. The summed E-state index contributed by atoms with van der Waals surface area (Å²) in [5.41, 5.74) is 0.751. The van der Waals surface area contributed by atoms with Crippen LogP contribution in [0.2, 0.25) is 0 Å². The molecule has 3 aliphatic rings. The molecule has 1 aliphatic heterocycles. The Hall–Kier alpha value is -1.62. The molecule has 0 radical (unpaired) electrons. The lowest BCUT2D eigenvalue weighted by Gasteiger charge is -2.57. The molecule has 5 nitrogen and oxygen atoms in total. The predicted molar refractivity (Wildman–Crippen MR) is 92.5 cm³/mol. The number of esters is 1. The van der Waals surface area contributed by atoms with Crippen LogP contribution in [0.1, 0.15) is 59.3 Å². The molecule has 0 saturated heterocycles. The Morgan fingerprint density at radius 3 is 2.68 bits per heavy atom. The summed E-state index contributed by atoms with van der Waals surface area (Å²) < 4.78 is 4.79. The number of carboxylic acid groups (broad SMARTS) is 1. The van der Waals surface area contributed by atoms with Crippen molar-refractivity contribution in [2.75, 3.05) is 0 Å². The number of cyclic esters (lactones) is 1. The molecule has 5 heteroatoms. The van der Waals surface area contributed by atoms with Gasteiger partial charge in [-0.05, 0) is 61.9 Å². The Morgan fingerprint density at radius 2 is 2.08 bits per heavy atom. The topological polar surface area (TPSA) is 83.8 Å². The van der Waals surface area contributed by atoms with Crippen LogP contribution in [0.5, 0.6) is 0 Å². The molecule has 2 N–H and O–H groups in total. The second kappa shape index (κ2) is 6.27. The minimum absolute atomic E-state index is 0.0450. The molecular formula is C20H28O5. The zero-order chi connectivity index (χ0) is 18.4. The summed E-state index contributed by atoms with van der Waals surface area (Å²) in [4.78, 5) is 23.6. The molecule has 0 amide bonds. The second-order valence-corrected chi connectivity index (χ2v) is 8.40. The summed E-state index contributed by atoms with van der Waals surface area (Å²) in [6.45, 7) is 6.60. The molecule has 0 bridgehead atoms. The van der Waals surface area contributed by atoms with Gasteiger partial charge in [0.25, 0.3) is 0 Å². The van der Waals surface area contributed by atoms with Crippen molar-refractivity contribution in [1.82, 2.24) is 0 Å². The fraction of sp³-hybridized carbons (Fsp3) is 0.700. The number of hydrogen-bond acceptors (Lipinski definition) is 4. The summed E-state index contributed by atoms with van der Waals surface area (Å²) in [7, 11) is 0. The minimum atomic E-state index is -1.12. The summed E-state index contributed by atoms with van der Waals surface area (Å²) in [6.07, 6.45) is 7.30. The molecule has 3 rings (SSSR count). The van der Waals surface area contributed by atoms with Gasteiger partial charge in [-0.15, -0.1) is 0 Å². The van der Waals surface area contributed by atoms with Gasteiger partial charge in [-0.25, -0.2) is 9.59 Å². The summed E-state index contributed by atoms with van der Waals surface area (Å²) in [5.74, 6) is -0.490. The maximum atomic E-state index is 11.8. The van der Waals surface area contributed by atoms with Crippen molar-refractivity contribution in [2.45, 2.75) is 65.6 Å². The van der Waals surface area contributed by atoms with E-state index in [9.17, 15) is 19.8 Å². The molecule has 0 spiro atoms. The van der Waals surface area contributed by atoms with Crippen LogP contribution >= 0.6 is 0 Å². The van der Waals surface area contributed by atoms with Gasteiger partial charge in [-0.1, -0.05) is 26.8 Å². The number of carboxylic acids is 1. The van der Waals surface area contributed by atoms with Gasteiger partial charge < -0.3 is 14.9 Å². The standard InChI is InChI=1S/C20H28O5/c1-12-7-9-20(3)14(17(22)23)5-4-6-15(20)19(12,2)10-8-13-11-16(21)25-18(13)24/h5,11-12,15-16,21H,4,6-10H2,1-3H3,(H,22,23)/t12-,15-,16?,19+,20+/m1/s1. The van der Waals surface area contributed by atoms with Gasteiger partial charge in [0.2, 0.25) is 6.29 Å². The number of carbonyl (C=O) groups excluding carboxylic acids is 1. The minimum Gasteiger partial charge on any atom is -0.478 e. The highest BCUT2D eigenvalue weighted by Crippen LogP contribution is 2.62. The smallest absolute Gasteiger partial charge is 0.336 e. The van der Waals surface area contributed by atoms with Crippen LogP contribution in [-0.4, -0.2) is 28.4 Å². The molecule has 1 heterocycles. The second-order valence-electron chi connectivity index (χ2n) is 8.40. The van der Waals surface area contributed by atoms with Crippen LogP contribution in [0, 0.1) is 22.7 Å². The molecular weight excluding hydrogens is 320 g/mol. The van der Waals surface area contributed by atoms with Crippen LogP contribution in [0.25, 0.3) is 0 Å². The van der Waals surface area contributed by atoms with E-state index in [2.05, 4.69) is 20.8 Å². The number of allylic oxidation sites excluding steroid dienone is 1. The summed E-state index contributed by atoms with van der Waals surface area (Å²) in [6, 6.07) is 0. The highest BCUT2D eigenvalue weighted by atomic mass is 16.6. The van der Waals surface area contributed by atoms with E-state index in [1.54, 1.807) is 0 Å². The fourth-order valence-electron chi connectivity index (χ4n) is 5.49. The number of hydrogen-bond donors (Lipinski definition) is 2. The van der Waals surface area contributed by atoms with Crippen molar-refractivity contribution < 1.29 is 24.5 Å². The predicted octanol–water partition coefficient (Wildman–Crippen LogP) is 3.43. The molecule has 1 saturated carbocycles. The molecule has 0 aromatic heterocycles. The molecule has 25 heavy (non-hydrogen) atoms. The van der Waals surface area contributed by atoms with Crippen LogP contribution < -0.4 is 0 Å². The Balaban J connectivity index is 1.86. The zero-order valence-corrected chi connectivity index (χ0v) is 15.2. The quantitative estimate of drug-likeness (QED) is 0.761. The van der Waals surface area contributed by atoms with Gasteiger partial charge in [-0.2, -0.15) is 0 Å². The third kappa shape index (κ3) is 2.92. The Kier molecular flexibility index (Phi) is 4.56. The van der Waals surface area contributed by atoms with Crippen molar-refractivity contribution >= 4 is 11.9 Å². The lowest BCUT2D eigenvalue weighted by molar-refractivity contribution is -0.151. The average Bonchev–Trinajstić information content (AvgIpc) is 2.87. The van der Waals surface area contributed by atoms with Crippen molar-refractivity contribution in [3.8, 4) is 0 Å². The van der Waals surface area contributed by atoms with Crippen molar-refractivity contribution in [3.63, 3.8) is 0 Å². The van der Waals surface area contributed by atoms with Gasteiger partial charge >= 0.3 is 11.9 Å². The largest absolute Gasteiger partial charge is 0.478 e. The third-order valence-electron chi connectivity index (χ3n) is 7.20. The summed E-state index contributed by atoms with van der Waals surface area (Å²) >= 11 is 0. The van der Waals surface area contributed by atoms with Crippen molar-refractivity contribution in [1.29, 1.82) is 0 Å². The Bertz CT molecular complexity index is 648. The number of aliphatic hydroxyl groups excluding tert-OH is 1. The number of fused-ring (bicyclic) bond motifs is 1. The van der Waals surface area contributed by atoms with Crippen LogP contribution in [0.4, 0.5) is 0 Å². The number of rotatable bonds is 4. The van der Waals surface area contributed by atoms with E-state index in [1.807, 2.05) is 6.08 Å². The number of ether oxygens (including phenoxy) is 1. The van der Waals surface area contributed by atoms with Gasteiger partial charge in [0.05, 0.1) is 0 Å². The lowest BCUT2D eigenvalue weighted by atomic mass is 9.46. The first-order valence-corrected chi connectivity index (χ1v) is 9.22. The SMILES string of the molecule is C[C@@H]1CC[C@@]2(C)C(C(=O)O)=CCC[C@@H]2[C@@]1(C)CCC1=CC(O)OC1=O. The van der Waals surface area contributed by atoms with Gasteiger partial charge in [-0.3, -0.25) is 0 Å². The van der Waals surface area contributed by atoms with E-state index in [-0.39, 0.29) is 16.7 Å². The van der Waals surface area contributed by atoms with Gasteiger partial charge in [0.15, 0.2) is 0 Å². The van der Waals surface area contributed by atoms with Gasteiger partial charge in [0.1, 0.15) is 0 Å². The van der Waals surface area contributed by atoms with Crippen molar-refractivity contribution in [3.05, 3.63) is 23.3 Å². The fourth-order valence-corrected chi connectivity index (χ4v) is 5.49. The van der Waals surface area contributed by atoms with Crippen molar-refractivity contribution in [2.24, 2.45) is 22.7 Å². The van der Waals surface area contributed by atoms with E-state index in [4.69, 9.17) is 4.74 Å². The highest BCUT2D eigenvalue weighted by molar-refractivity contribution is 5.90. The Morgan fingerprint density at radius 1 is 1.36 bits per heavy atom. The highest BCUT2D eigenvalue weighted by Gasteiger charge is 2.55. The van der Waals surface area contributed by atoms with E-state index < -0.39 is 18.2 Å². The molecule has 0 aromatic carbocycles. The van der Waals surface area contributed by atoms with E-state index in [0.717, 1.165) is 32.1 Å². The van der Waals surface area contributed by atoms with Crippen LogP contribution in [-0.2, 0) is 14.3 Å².